The van der Waals surface area contributed by atoms with Gasteiger partial charge in [-0.05, 0) is 19.1 Å². The number of benzene rings is 1. The van der Waals surface area contributed by atoms with Gasteiger partial charge in [0.15, 0.2) is 0 Å². The number of hydrogen-bond acceptors (Lipinski definition) is 4. The van der Waals surface area contributed by atoms with E-state index in [2.05, 4.69) is 9.97 Å². The van der Waals surface area contributed by atoms with E-state index in [1.54, 1.807) is 6.07 Å². The summed E-state index contributed by atoms with van der Waals surface area (Å²) in [5.74, 6) is 0.157. The number of aromatic nitrogens is 2. The van der Waals surface area contributed by atoms with Gasteiger partial charge in [-0.25, -0.2) is 9.78 Å². The zero-order valence-electron chi connectivity index (χ0n) is 11.9. The van der Waals surface area contributed by atoms with Crippen molar-refractivity contribution in [1.29, 1.82) is 0 Å². The molecule has 21 heavy (non-hydrogen) atoms. The topological polar surface area (TPSA) is 72.3 Å². The number of rotatable bonds is 4. The molecule has 0 amide bonds. The molecule has 0 fully saturated rings. The average Bonchev–Trinajstić information content (AvgIpc) is 2.37. The molecule has 0 unspecified atom stereocenters. The second-order valence-corrected chi connectivity index (χ2v) is 5.34. The summed E-state index contributed by atoms with van der Waals surface area (Å²) in [6.45, 7) is 5.78. The second kappa shape index (κ2) is 6.10. The number of ether oxygens (including phenoxy) is 1. The molecule has 1 aromatic heterocycles. The van der Waals surface area contributed by atoms with E-state index in [9.17, 15) is 9.90 Å². The summed E-state index contributed by atoms with van der Waals surface area (Å²) >= 11 is 5.90. The van der Waals surface area contributed by atoms with Crippen LogP contribution in [0.2, 0.25) is 5.02 Å². The minimum Gasteiger partial charge on any atom is -0.478 e. The lowest BCUT2D eigenvalue weighted by molar-refractivity contribution is 0.0694. The van der Waals surface area contributed by atoms with Crippen molar-refractivity contribution in [2.75, 3.05) is 0 Å². The van der Waals surface area contributed by atoms with Crippen LogP contribution in [0.5, 0.6) is 11.6 Å². The van der Waals surface area contributed by atoms with E-state index < -0.39 is 5.97 Å². The van der Waals surface area contributed by atoms with Gasteiger partial charge in [-0.15, -0.1) is 0 Å². The van der Waals surface area contributed by atoms with E-state index in [4.69, 9.17) is 16.3 Å². The highest BCUT2D eigenvalue weighted by Gasteiger charge is 2.14. The normalized spacial score (nSPS) is 10.7. The first-order valence-corrected chi connectivity index (χ1v) is 6.81. The third kappa shape index (κ3) is 3.70. The maximum absolute atomic E-state index is 11.2. The molecule has 0 radical (unpaired) electrons. The molecular formula is C15H15ClN2O3. The van der Waals surface area contributed by atoms with Crippen molar-refractivity contribution in [2.45, 2.75) is 26.7 Å². The number of carboxylic acids is 1. The van der Waals surface area contributed by atoms with Gasteiger partial charge in [0.1, 0.15) is 17.1 Å². The van der Waals surface area contributed by atoms with Crippen molar-refractivity contribution in [1.82, 2.24) is 9.97 Å². The van der Waals surface area contributed by atoms with Crippen LogP contribution in [0.15, 0.2) is 24.3 Å². The van der Waals surface area contributed by atoms with Crippen molar-refractivity contribution < 1.29 is 14.6 Å². The first kappa shape index (κ1) is 15.3. The molecule has 0 aliphatic rings. The predicted octanol–water partition coefficient (Wildman–Crippen LogP) is 4.05. The number of carboxylic acid groups (broad SMARTS) is 1. The molecule has 2 rings (SSSR count). The van der Waals surface area contributed by atoms with Crippen LogP contribution in [0.3, 0.4) is 0 Å². The first-order valence-electron chi connectivity index (χ1n) is 6.43. The molecular weight excluding hydrogens is 292 g/mol. The van der Waals surface area contributed by atoms with Crippen LogP contribution in [0.1, 0.15) is 41.6 Å². The predicted molar refractivity (Wildman–Crippen MR) is 79.3 cm³/mol. The molecule has 0 aliphatic heterocycles. The Morgan fingerprint density at radius 1 is 1.29 bits per heavy atom. The van der Waals surface area contributed by atoms with Crippen LogP contribution in [0, 0.1) is 6.92 Å². The third-order valence-corrected chi connectivity index (χ3v) is 2.99. The molecule has 0 atom stereocenters. The number of carbonyl (C=O) groups is 1. The van der Waals surface area contributed by atoms with Crippen molar-refractivity contribution in [3.8, 4) is 11.6 Å². The summed E-state index contributed by atoms with van der Waals surface area (Å²) in [5, 5.41) is 9.57. The maximum atomic E-state index is 11.2. The van der Waals surface area contributed by atoms with E-state index in [1.807, 2.05) is 20.8 Å². The zero-order valence-corrected chi connectivity index (χ0v) is 12.7. The smallest absolute Gasteiger partial charge is 0.339 e. The minimum absolute atomic E-state index is 0.0294. The van der Waals surface area contributed by atoms with Crippen molar-refractivity contribution in [3.63, 3.8) is 0 Å². The fraction of sp³-hybridized carbons (Fsp3) is 0.267. The van der Waals surface area contributed by atoms with E-state index in [0.29, 0.717) is 16.7 Å². The van der Waals surface area contributed by atoms with Crippen LogP contribution < -0.4 is 4.74 Å². The Hall–Kier alpha value is -2.14. The van der Waals surface area contributed by atoms with Crippen LogP contribution in [0.25, 0.3) is 0 Å². The number of hydrogen-bond donors (Lipinski definition) is 1. The zero-order chi connectivity index (χ0) is 15.6. The van der Waals surface area contributed by atoms with Crippen LogP contribution in [0.4, 0.5) is 0 Å². The summed E-state index contributed by atoms with van der Waals surface area (Å²) < 4.78 is 5.61. The Labute approximate surface area is 127 Å². The molecule has 5 nitrogen and oxygen atoms in total. The molecule has 0 aliphatic carbocycles. The summed E-state index contributed by atoms with van der Waals surface area (Å²) in [5.41, 5.74) is 0.782. The van der Waals surface area contributed by atoms with E-state index in [-0.39, 0.29) is 17.2 Å². The lowest BCUT2D eigenvalue weighted by atomic mass is 10.2. The molecule has 2 aromatic rings. The van der Waals surface area contributed by atoms with Gasteiger partial charge in [0.2, 0.25) is 5.88 Å². The van der Waals surface area contributed by atoms with Gasteiger partial charge in [0.25, 0.3) is 0 Å². The highest BCUT2D eigenvalue weighted by molar-refractivity contribution is 6.30. The van der Waals surface area contributed by atoms with Gasteiger partial charge in [-0.3, -0.25) is 0 Å². The van der Waals surface area contributed by atoms with E-state index in [0.717, 1.165) is 5.69 Å². The Bertz CT molecular complexity index is 687. The van der Waals surface area contributed by atoms with Gasteiger partial charge in [0, 0.05) is 28.8 Å². The molecule has 1 N–H and O–H groups in total. The Morgan fingerprint density at radius 3 is 2.62 bits per heavy atom. The quantitative estimate of drug-likeness (QED) is 0.922. The van der Waals surface area contributed by atoms with E-state index >= 15 is 0 Å². The highest BCUT2D eigenvalue weighted by Crippen LogP contribution is 2.28. The number of aryl methyl sites for hydroxylation is 1. The average molecular weight is 307 g/mol. The van der Waals surface area contributed by atoms with Crippen molar-refractivity contribution in [3.05, 3.63) is 46.4 Å². The molecule has 1 aromatic carbocycles. The summed E-state index contributed by atoms with van der Waals surface area (Å²) in [6.07, 6.45) is 0. The monoisotopic (exact) mass is 306 g/mol. The van der Waals surface area contributed by atoms with Crippen molar-refractivity contribution >= 4 is 17.6 Å². The summed E-state index contributed by atoms with van der Waals surface area (Å²) in [6, 6.07) is 6.01. The highest BCUT2D eigenvalue weighted by atomic mass is 35.5. The molecule has 0 spiro atoms. The lowest BCUT2D eigenvalue weighted by Crippen LogP contribution is -2.04. The first-order chi connectivity index (χ1) is 9.86. The minimum atomic E-state index is -1.09. The second-order valence-electron chi connectivity index (χ2n) is 4.91. The molecule has 1 heterocycles. The maximum Gasteiger partial charge on any atom is 0.339 e. The molecule has 0 bridgehead atoms. The standard InChI is InChI=1S/C15H15ClN2O3/c1-8(2)14-17-9(3)6-13(18-14)21-12-7-10(16)4-5-11(12)15(19)20/h4-8H,1-3H3,(H,19,20). The molecule has 0 saturated heterocycles. The summed E-state index contributed by atoms with van der Waals surface area (Å²) in [4.78, 5) is 19.8. The lowest BCUT2D eigenvalue weighted by Gasteiger charge is -2.11. The molecule has 0 saturated carbocycles. The fourth-order valence-corrected chi connectivity index (χ4v) is 1.90. The van der Waals surface area contributed by atoms with Gasteiger partial charge < -0.3 is 9.84 Å². The van der Waals surface area contributed by atoms with Crippen molar-refractivity contribution in [2.24, 2.45) is 0 Å². The fourth-order valence-electron chi connectivity index (χ4n) is 1.74. The van der Waals surface area contributed by atoms with Crippen LogP contribution in [-0.4, -0.2) is 21.0 Å². The Balaban J connectivity index is 2.42. The van der Waals surface area contributed by atoms with Crippen LogP contribution >= 0.6 is 11.6 Å². The third-order valence-electron chi connectivity index (χ3n) is 2.75. The Morgan fingerprint density at radius 2 is 2.00 bits per heavy atom. The number of aromatic carboxylic acids is 1. The molecule has 6 heteroatoms. The largest absolute Gasteiger partial charge is 0.478 e. The van der Waals surface area contributed by atoms with Gasteiger partial charge in [-0.2, -0.15) is 4.98 Å². The number of nitrogens with zero attached hydrogens (tertiary/aromatic N) is 2. The summed E-state index contributed by atoms with van der Waals surface area (Å²) in [7, 11) is 0. The molecule has 110 valence electrons. The SMILES string of the molecule is Cc1cc(Oc2cc(Cl)ccc2C(=O)O)nc(C(C)C)n1. The van der Waals surface area contributed by atoms with Gasteiger partial charge >= 0.3 is 5.97 Å². The van der Waals surface area contributed by atoms with Crippen LogP contribution in [-0.2, 0) is 0 Å². The van der Waals surface area contributed by atoms with Gasteiger partial charge in [0.05, 0.1) is 0 Å². The van der Waals surface area contributed by atoms with Gasteiger partial charge in [-0.1, -0.05) is 25.4 Å². The van der Waals surface area contributed by atoms with E-state index in [1.165, 1.54) is 18.2 Å². The Kier molecular flexibility index (Phi) is 4.43. The number of halogens is 1.